The van der Waals surface area contributed by atoms with Crippen LogP contribution in [0.2, 0.25) is 0 Å². The van der Waals surface area contributed by atoms with Crippen molar-refractivity contribution >= 4 is 12.4 Å². The smallest absolute Gasteiger partial charge is 0.0887 e. The minimum atomic E-state index is 0.522. The third-order valence-electron chi connectivity index (χ3n) is 1.33. The van der Waals surface area contributed by atoms with E-state index in [1.165, 1.54) is 6.20 Å². The molecule has 0 unspecified atom stereocenters. The van der Waals surface area contributed by atoms with Gasteiger partial charge in [0, 0.05) is 18.6 Å². The van der Waals surface area contributed by atoms with Crippen LogP contribution >= 0.6 is 0 Å². The van der Waals surface area contributed by atoms with Crippen LogP contribution in [0.4, 0.5) is 5.69 Å². The van der Waals surface area contributed by atoms with E-state index in [2.05, 4.69) is 33.5 Å². The summed E-state index contributed by atoms with van der Waals surface area (Å²) in [6.45, 7) is 6.95. The first-order chi connectivity index (χ1) is 6.83. The highest BCUT2D eigenvalue weighted by Gasteiger charge is 1.85. The highest BCUT2D eigenvalue weighted by atomic mass is 15.1. The number of pyridine rings is 1. The number of nitrogens with zero attached hydrogens (tertiary/aromatic N) is 4. The molecule has 0 N–H and O–H groups in total. The minimum Gasteiger partial charge on any atom is -0.272 e. The maximum absolute atomic E-state index is 3.93. The van der Waals surface area contributed by atoms with E-state index in [-0.39, 0.29) is 0 Å². The molecule has 1 aromatic heterocycles. The molecular formula is C10H10N4. The molecule has 0 amide bonds. The number of rotatable bonds is 4. The predicted octanol–water partition coefficient (Wildman–Crippen LogP) is 2.89. The number of allylic oxidation sites excluding steroid dienone is 1. The summed E-state index contributed by atoms with van der Waals surface area (Å²) in [5.74, 6) is 0. The lowest BCUT2D eigenvalue weighted by molar-refractivity contribution is 1.16. The molecule has 0 bridgehead atoms. The van der Waals surface area contributed by atoms with Crippen molar-refractivity contribution in [3.05, 3.63) is 49.1 Å². The van der Waals surface area contributed by atoms with E-state index >= 15 is 0 Å². The molecule has 0 aliphatic rings. The normalized spacial score (nSPS) is 10.9. The van der Waals surface area contributed by atoms with Crippen molar-refractivity contribution in [1.29, 1.82) is 0 Å². The van der Waals surface area contributed by atoms with Crippen LogP contribution in [0.15, 0.2) is 64.3 Å². The van der Waals surface area contributed by atoms with Crippen molar-refractivity contribution < 1.29 is 0 Å². The highest BCUT2D eigenvalue weighted by Crippen LogP contribution is 2.10. The van der Waals surface area contributed by atoms with Gasteiger partial charge in [-0.3, -0.25) is 9.98 Å². The lowest BCUT2D eigenvalue weighted by Gasteiger charge is -1.89. The zero-order valence-electron chi connectivity index (χ0n) is 7.67. The number of aliphatic imine (C=N–C) groups is 1. The summed E-state index contributed by atoms with van der Waals surface area (Å²) < 4.78 is 0. The predicted molar refractivity (Wildman–Crippen MR) is 56.6 cm³/mol. The Morgan fingerprint density at radius 2 is 2.07 bits per heavy atom. The van der Waals surface area contributed by atoms with Gasteiger partial charge < -0.3 is 0 Å². The van der Waals surface area contributed by atoms with Gasteiger partial charge in [-0.15, -0.1) is 0 Å². The SMILES string of the molecule is C=N/C=C\C(=C)N=Nc1ccncc1. The Hall–Kier alpha value is -2.10. The summed E-state index contributed by atoms with van der Waals surface area (Å²) in [5.41, 5.74) is 1.26. The minimum absolute atomic E-state index is 0.522. The summed E-state index contributed by atoms with van der Waals surface area (Å²) in [4.78, 5) is 7.39. The van der Waals surface area contributed by atoms with Gasteiger partial charge in [0.25, 0.3) is 0 Å². The zero-order chi connectivity index (χ0) is 10.2. The average Bonchev–Trinajstić information content (AvgIpc) is 2.25. The van der Waals surface area contributed by atoms with Gasteiger partial charge in [0.1, 0.15) is 0 Å². The van der Waals surface area contributed by atoms with Gasteiger partial charge in [-0.1, -0.05) is 6.58 Å². The maximum atomic E-state index is 3.93. The molecule has 4 heteroatoms. The third kappa shape index (κ3) is 3.53. The Kier molecular flexibility index (Phi) is 3.94. The van der Waals surface area contributed by atoms with Crippen LogP contribution in [-0.4, -0.2) is 11.7 Å². The summed E-state index contributed by atoms with van der Waals surface area (Å²) >= 11 is 0. The molecule has 4 nitrogen and oxygen atoms in total. The van der Waals surface area contributed by atoms with Crippen molar-refractivity contribution in [3.8, 4) is 0 Å². The quantitative estimate of drug-likeness (QED) is 0.405. The monoisotopic (exact) mass is 186 g/mol. The van der Waals surface area contributed by atoms with Gasteiger partial charge in [-0.05, 0) is 24.9 Å². The standard InChI is InChI=1S/C10H10N4/c1-9(3-6-11-2)13-14-10-4-7-12-8-5-10/h3-8H,1-2H2/b6-3-,14-13?. The molecule has 0 spiro atoms. The Labute approximate surface area is 82.4 Å². The molecule has 1 heterocycles. The number of aromatic nitrogens is 1. The molecule has 1 rings (SSSR count). The molecular weight excluding hydrogens is 176 g/mol. The van der Waals surface area contributed by atoms with Crippen LogP contribution < -0.4 is 0 Å². The van der Waals surface area contributed by atoms with Crippen LogP contribution in [-0.2, 0) is 0 Å². The summed E-state index contributed by atoms with van der Waals surface area (Å²) in [6, 6.07) is 3.51. The van der Waals surface area contributed by atoms with Gasteiger partial charge in [-0.25, -0.2) is 0 Å². The van der Waals surface area contributed by atoms with E-state index in [1.54, 1.807) is 30.6 Å². The molecule has 0 atom stereocenters. The van der Waals surface area contributed by atoms with Crippen LogP contribution in [0, 0.1) is 0 Å². The Morgan fingerprint density at radius 3 is 2.71 bits per heavy atom. The first-order valence-electron chi connectivity index (χ1n) is 3.96. The van der Waals surface area contributed by atoms with Crippen molar-refractivity contribution in [2.45, 2.75) is 0 Å². The second-order valence-electron chi connectivity index (χ2n) is 2.40. The lowest BCUT2D eigenvalue weighted by atomic mass is 10.4. The second-order valence-corrected chi connectivity index (χ2v) is 2.40. The van der Waals surface area contributed by atoms with Crippen molar-refractivity contribution in [2.75, 3.05) is 0 Å². The largest absolute Gasteiger partial charge is 0.272 e. The summed E-state index contributed by atoms with van der Waals surface area (Å²) in [7, 11) is 0. The van der Waals surface area contributed by atoms with E-state index < -0.39 is 0 Å². The van der Waals surface area contributed by atoms with Gasteiger partial charge in [-0.2, -0.15) is 10.2 Å². The highest BCUT2D eigenvalue weighted by molar-refractivity contribution is 5.33. The molecule has 0 aromatic carbocycles. The Morgan fingerprint density at radius 1 is 1.36 bits per heavy atom. The van der Waals surface area contributed by atoms with E-state index in [9.17, 15) is 0 Å². The molecule has 0 fully saturated rings. The maximum Gasteiger partial charge on any atom is 0.0887 e. The first kappa shape index (κ1) is 9.98. The fourth-order valence-corrected chi connectivity index (χ4v) is 0.705. The lowest BCUT2D eigenvalue weighted by Crippen LogP contribution is -1.68. The van der Waals surface area contributed by atoms with Crippen LogP contribution in [0.25, 0.3) is 0 Å². The van der Waals surface area contributed by atoms with Crippen molar-refractivity contribution in [2.24, 2.45) is 15.2 Å². The molecule has 0 saturated heterocycles. The second kappa shape index (κ2) is 5.53. The fraction of sp³-hybridized carbons (Fsp3) is 0. The van der Waals surface area contributed by atoms with Crippen LogP contribution in [0.1, 0.15) is 0 Å². The topological polar surface area (TPSA) is 50.0 Å². The summed E-state index contributed by atoms with van der Waals surface area (Å²) in [5, 5.41) is 7.79. The molecule has 1 aromatic rings. The van der Waals surface area contributed by atoms with E-state index in [0.717, 1.165) is 5.69 Å². The van der Waals surface area contributed by atoms with Gasteiger partial charge in [0.2, 0.25) is 0 Å². The third-order valence-corrected chi connectivity index (χ3v) is 1.33. The first-order valence-corrected chi connectivity index (χ1v) is 3.96. The molecule has 0 aliphatic heterocycles. The Bertz CT molecular complexity index is 365. The number of hydrogen-bond donors (Lipinski definition) is 0. The molecule has 0 radical (unpaired) electrons. The van der Waals surface area contributed by atoms with E-state index in [4.69, 9.17) is 0 Å². The molecule has 0 aliphatic carbocycles. The average molecular weight is 186 g/mol. The number of hydrogen-bond acceptors (Lipinski definition) is 4. The molecule has 0 saturated carbocycles. The zero-order valence-corrected chi connectivity index (χ0v) is 7.67. The fourth-order valence-electron chi connectivity index (χ4n) is 0.705. The molecule has 70 valence electrons. The van der Waals surface area contributed by atoms with Crippen LogP contribution in [0.5, 0.6) is 0 Å². The Balaban J connectivity index is 2.60. The van der Waals surface area contributed by atoms with E-state index in [1.807, 2.05) is 0 Å². The van der Waals surface area contributed by atoms with Crippen molar-refractivity contribution in [1.82, 2.24) is 4.98 Å². The van der Waals surface area contributed by atoms with Crippen LogP contribution in [0.3, 0.4) is 0 Å². The molecule has 14 heavy (non-hydrogen) atoms. The van der Waals surface area contributed by atoms with Gasteiger partial charge in [0.15, 0.2) is 0 Å². The van der Waals surface area contributed by atoms with Gasteiger partial charge >= 0.3 is 0 Å². The number of azo groups is 1. The van der Waals surface area contributed by atoms with Gasteiger partial charge in [0.05, 0.1) is 11.4 Å². The van der Waals surface area contributed by atoms with Crippen molar-refractivity contribution in [3.63, 3.8) is 0 Å². The van der Waals surface area contributed by atoms with E-state index in [0.29, 0.717) is 5.70 Å². The summed E-state index contributed by atoms with van der Waals surface area (Å²) in [6.07, 6.45) is 6.43.